The Kier molecular flexibility index (Phi) is 2.27. The van der Waals surface area contributed by atoms with Crippen LogP contribution >= 0.6 is 11.3 Å². The number of hydrogen-bond acceptors (Lipinski definition) is 5. The summed E-state index contributed by atoms with van der Waals surface area (Å²) in [4.78, 5) is 39.0. The molecule has 2 heterocycles. The van der Waals surface area contributed by atoms with Gasteiger partial charge < -0.3 is 0 Å². The first-order chi connectivity index (χ1) is 7.44. The van der Waals surface area contributed by atoms with Crippen molar-refractivity contribution in [2.24, 2.45) is 0 Å². The van der Waals surface area contributed by atoms with Crippen molar-refractivity contribution in [3.05, 3.63) is 16.6 Å². The zero-order valence-corrected chi connectivity index (χ0v) is 9.50. The molecule has 1 aromatic rings. The van der Waals surface area contributed by atoms with Gasteiger partial charge in [-0.15, -0.1) is 11.3 Å². The van der Waals surface area contributed by atoms with Crippen LogP contribution in [0.4, 0.5) is 4.79 Å². The molecule has 1 fully saturated rings. The van der Waals surface area contributed by atoms with Gasteiger partial charge in [-0.25, -0.2) is 14.7 Å². The van der Waals surface area contributed by atoms with Crippen molar-refractivity contribution < 1.29 is 14.4 Å². The van der Waals surface area contributed by atoms with Crippen molar-refractivity contribution in [2.75, 3.05) is 0 Å². The summed E-state index contributed by atoms with van der Waals surface area (Å²) in [6, 6.07) is -0.699. The average molecular weight is 239 g/mol. The van der Waals surface area contributed by atoms with Crippen LogP contribution in [-0.2, 0) is 15.1 Å². The Morgan fingerprint density at radius 3 is 2.50 bits per heavy atom. The molecule has 1 aliphatic heterocycles. The van der Waals surface area contributed by atoms with Gasteiger partial charge in [0.2, 0.25) is 0 Å². The molecule has 1 N–H and O–H groups in total. The van der Waals surface area contributed by atoms with E-state index in [0.717, 1.165) is 4.90 Å². The molecule has 0 spiro atoms. The highest BCUT2D eigenvalue weighted by atomic mass is 32.1. The molecule has 0 aliphatic carbocycles. The van der Waals surface area contributed by atoms with Gasteiger partial charge in [0, 0.05) is 11.6 Å². The van der Waals surface area contributed by atoms with Crippen LogP contribution in [0.1, 0.15) is 18.9 Å². The second-order valence-electron chi connectivity index (χ2n) is 3.80. The third kappa shape index (κ3) is 1.40. The zero-order valence-electron chi connectivity index (χ0n) is 8.68. The maximum atomic E-state index is 11.5. The van der Waals surface area contributed by atoms with Crippen LogP contribution in [0.3, 0.4) is 0 Å². The van der Waals surface area contributed by atoms with Gasteiger partial charge in [-0.2, -0.15) is 0 Å². The van der Waals surface area contributed by atoms with Crippen LogP contribution in [0.5, 0.6) is 0 Å². The number of nitrogens with one attached hydrogen (secondary N) is 1. The Morgan fingerprint density at radius 1 is 1.38 bits per heavy atom. The molecule has 0 atom stereocenters. The standard InChI is InChI=1S/C9H9N3O3S/c1-9(2,7-10-3-4-16-7)12-6(14)5(13)11-8(12)15/h3-4H,1-2H3,(H,11,13,15). The van der Waals surface area contributed by atoms with Crippen LogP contribution in [0.2, 0.25) is 0 Å². The van der Waals surface area contributed by atoms with E-state index < -0.39 is 23.4 Å². The minimum absolute atomic E-state index is 0.603. The van der Waals surface area contributed by atoms with Crippen LogP contribution in [0.15, 0.2) is 11.6 Å². The zero-order chi connectivity index (χ0) is 11.9. The lowest BCUT2D eigenvalue weighted by Crippen LogP contribution is -2.46. The van der Waals surface area contributed by atoms with Crippen LogP contribution in [-0.4, -0.2) is 27.7 Å². The summed E-state index contributed by atoms with van der Waals surface area (Å²) < 4.78 is 0. The molecule has 2 rings (SSSR count). The van der Waals surface area contributed by atoms with Crippen molar-refractivity contribution in [2.45, 2.75) is 19.4 Å². The van der Waals surface area contributed by atoms with Crippen LogP contribution in [0, 0.1) is 0 Å². The fourth-order valence-electron chi connectivity index (χ4n) is 1.53. The monoisotopic (exact) mass is 239 g/mol. The lowest BCUT2D eigenvalue weighted by molar-refractivity contribution is -0.142. The second kappa shape index (κ2) is 3.38. The Bertz CT molecular complexity index is 466. The first kappa shape index (κ1) is 10.7. The molecular weight excluding hydrogens is 230 g/mol. The third-order valence-corrected chi connectivity index (χ3v) is 3.42. The third-order valence-electron chi connectivity index (χ3n) is 2.34. The van der Waals surface area contributed by atoms with Gasteiger partial charge in [-0.05, 0) is 13.8 Å². The lowest BCUT2D eigenvalue weighted by Gasteiger charge is -2.29. The van der Waals surface area contributed by atoms with Gasteiger partial charge in [-0.3, -0.25) is 14.9 Å². The largest absolute Gasteiger partial charge is 0.332 e. The summed E-state index contributed by atoms with van der Waals surface area (Å²) in [7, 11) is 0. The summed E-state index contributed by atoms with van der Waals surface area (Å²) in [5.41, 5.74) is -0.915. The summed E-state index contributed by atoms with van der Waals surface area (Å²) >= 11 is 1.33. The predicted octanol–water partition coefficient (Wildman–Crippen LogP) is 0.457. The van der Waals surface area contributed by atoms with Gasteiger partial charge in [0.15, 0.2) is 0 Å². The molecule has 6 nitrogen and oxygen atoms in total. The molecule has 16 heavy (non-hydrogen) atoms. The van der Waals surface area contributed by atoms with E-state index in [2.05, 4.69) is 4.98 Å². The number of carbonyl (C=O) groups excluding carboxylic acids is 3. The van der Waals surface area contributed by atoms with E-state index >= 15 is 0 Å². The molecule has 4 amide bonds. The van der Waals surface area contributed by atoms with Crippen molar-refractivity contribution in [3.63, 3.8) is 0 Å². The van der Waals surface area contributed by atoms with Crippen molar-refractivity contribution in [1.82, 2.24) is 15.2 Å². The van der Waals surface area contributed by atoms with Gasteiger partial charge in [0.05, 0.1) is 5.54 Å². The number of nitrogens with zero attached hydrogens (tertiary/aromatic N) is 2. The van der Waals surface area contributed by atoms with E-state index in [4.69, 9.17) is 0 Å². The average Bonchev–Trinajstić information content (AvgIpc) is 2.76. The van der Waals surface area contributed by atoms with Gasteiger partial charge >= 0.3 is 17.8 Å². The molecule has 0 radical (unpaired) electrons. The van der Waals surface area contributed by atoms with E-state index in [-0.39, 0.29) is 0 Å². The molecule has 0 saturated carbocycles. The molecule has 0 unspecified atom stereocenters. The van der Waals surface area contributed by atoms with Gasteiger partial charge in [-0.1, -0.05) is 0 Å². The topological polar surface area (TPSA) is 79.4 Å². The first-order valence-corrected chi connectivity index (χ1v) is 5.42. The van der Waals surface area contributed by atoms with E-state index in [1.54, 1.807) is 25.4 Å². The Balaban J connectivity index is 2.41. The van der Waals surface area contributed by atoms with E-state index in [1.165, 1.54) is 11.3 Å². The number of rotatable bonds is 2. The summed E-state index contributed by atoms with van der Waals surface area (Å²) in [5.74, 6) is -1.74. The van der Waals surface area contributed by atoms with Crippen molar-refractivity contribution in [1.29, 1.82) is 0 Å². The number of urea groups is 1. The van der Waals surface area contributed by atoms with E-state index in [9.17, 15) is 14.4 Å². The maximum absolute atomic E-state index is 11.5. The van der Waals surface area contributed by atoms with E-state index in [0.29, 0.717) is 5.01 Å². The van der Waals surface area contributed by atoms with Crippen molar-refractivity contribution >= 4 is 29.2 Å². The minimum Gasteiger partial charge on any atom is -0.269 e. The lowest BCUT2D eigenvalue weighted by atomic mass is 10.0. The number of aromatic nitrogens is 1. The normalized spacial score (nSPS) is 16.9. The molecule has 84 valence electrons. The van der Waals surface area contributed by atoms with Crippen LogP contribution in [0.25, 0.3) is 0 Å². The summed E-state index contributed by atoms with van der Waals surface area (Å²) in [6.07, 6.45) is 1.59. The molecule has 0 aromatic carbocycles. The first-order valence-electron chi connectivity index (χ1n) is 4.54. The highest BCUT2D eigenvalue weighted by Gasteiger charge is 2.47. The molecule has 7 heteroatoms. The SMILES string of the molecule is CC(C)(c1nccs1)N1C(=O)NC(=O)C1=O. The quantitative estimate of drug-likeness (QED) is 0.600. The van der Waals surface area contributed by atoms with Crippen molar-refractivity contribution in [3.8, 4) is 0 Å². The van der Waals surface area contributed by atoms with Gasteiger partial charge in [0.1, 0.15) is 5.01 Å². The summed E-state index contributed by atoms with van der Waals surface area (Å²) in [6.45, 7) is 3.34. The van der Waals surface area contributed by atoms with Crippen LogP contribution < -0.4 is 5.32 Å². The Morgan fingerprint density at radius 2 is 2.06 bits per heavy atom. The number of thiazole rings is 1. The molecule has 1 aliphatic rings. The second-order valence-corrected chi connectivity index (χ2v) is 4.69. The van der Waals surface area contributed by atoms with Gasteiger partial charge in [0.25, 0.3) is 0 Å². The molecule has 0 bridgehead atoms. The Hall–Kier alpha value is -1.76. The predicted molar refractivity (Wildman–Crippen MR) is 55.5 cm³/mol. The van der Waals surface area contributed by atoms with E-state index in [1.807, 2.05) is 5.32 Å². The highest BCUT2D eigenvalue weighted by molar-refractivity contribution is 7.09. The smallest absolute Gasteiger partial charge is 0.269 e. The number of imide groups is 2. The minimum atomic E-state index is -0.915. The molecule has 1 aromatic heterocycles. The number of hydrogen-bond donors (Lipinski definition) is 1. The molecular formula is C9H9N3O3S. The molecule has 1 saturated heterocycles. The Labute approximate surface area is 95.3 Å². The highest BCUT2D eigenvalue weighted by Crippen LogP contribution is 2.30. The summed E-state index contributed by atoms with van der Waals surface area (Å²) in [5, 5.41) is 4.31. The fourth-order valence-corrected chi connectivity index (χ4v) is 2.28. The maximum Gasteiger partial charge on any atom is 0.332 e. The fraction of sp³-hybridized carbons (Fsp3) is 0.333. The number of carbonyl (C=O) groups is 3. The number of amides is 4.